The summed E-state index contributed by atoms with van der Waals surface area (Å²) in [6, 6.07) is 4.54. The van der Waals surface area contributed by atoms with Gasteiger partial charge in [-0.25, -0.2) is 8.42 Å². The smallest absolute Gasteiger partial charge is 0.179 e. The van der Waals surface area contributed by atoms with Crippen LogP contribution in [0.15, 0.2) is 29.3 Å². The molecule has 19 heavy (non-hydrogen) atoms. The second kappa shape index (κ2) is 4.98. The third-order valence-electron chi connectivity index (χ3n) is 2.67. The Kier molecular flexibility index (Phi) is 3.69. The van der Waals surface area contributed by atoms with E-state index in [2.05, 4.69) is 4.98 Å². The summed E-state index contributed by atoms with van der Waals surface area (Å²) < 4.78 is 24.7. The van der Waals surface area contributed by atoms with Gasteiger partial charge < -0.3 is 5.11 Å². The molecule has 2 rings (SSSR count). The van der Waals surface area contributed by atoms with Gasteiger partial charge in [-0.1, -0.05) is 25.4 Å². The van der Waals surface area contributed by atoms with Crippen LogP contribution in [0, 0.1) is 5.92 Å². The highest BCUT2D eigenvalue weighted by Crippen LogP contribution is 2.36. The van der Waals surface area contributed by atoms with E-state index in [1.54, 1.807) is 12.1 Å². The summed E-state index contributed by atoms with van der Waals surface area (Å²) in [4.78, 5) is 4.11. The fourth-order valence-corrected chi connectivity index (χ4v) is 4.07. The molecule has 1 N–H and O–H groups in total. The molecule has 0 saturated carbocycles. The van der Waals surface area contributed by atoms with Crippen LogP contribution in [0.1, 0.15) is 13.8 Å². The number of fused-ring (bicyclic) bond motifs is 1. The van der Waals surface area contributed by atoms with Gasteiger partial charge in [0.2, 0.25) is 0 Å². The molecule has 0 atom stereocenters. The number of rotatable bonds is 3. The Bertz CT molecular complexity index is 726. The topological polar surface area (TPSA) is 67.3 Å². The van der Waals surface area contributed by atoms with Crippen molar-refractivity contribution in [2.45, 2.75) is 18.7 Å². The maximum atomic E-state index is 12.4. The second-order valence-electron chi connectivity index (χ2n) is 4.78. The molecule has 0 saturated heterocycles. The molecular weight excluding hydrogens is 286 g/mol. The van der Waals surface area contributed by atoms with Gasteiger partial charge >= 0.3 is 0 Å². The molecule has 0 bridgehead atoms. The highest BCUT2D eigenvalue weighted by molar-refractivity contribution is 7.91. The molecule has 2 aromatic rings. The number of sulfone groups is 1. The van der Waals surface area contributed by atoms with E-state index in [1.807, 2.05) is 13.8 Å². The summed E-state index contributed by atoms with van der Waals surface area (Å²) in [6.45, 7) is 3.67. The van der Waals surface area contributed by atoms with Crippen LogP contribution in [0.2, 0.25) is 5.02 Å². The number of aromatic hydroxyl groups is 1. The lowest BCUT2D eigenvalue weighted by atomic mass is 10.2. The number of aromatic nitrogens is 1. The van der Waals surface area contributed by atoms with E-state index in [9.17, 15) is 13.5 Å². The lowest BCUT2D eigenvalue weighted by molar-refractivity contribution is 0.480. The van der Waals surface area contributed by atoms with Crippen molar-refractivity contribution in [2.24, 2.45) is 5.92 Å². The first kappa shape index (κ1) is 14.1. The largest absolute Gasteiger partial charge is 0.504 e. The van der Waals surface area contributed by atoms with Crippen LogP contribution < -0.4 is 0 Å². The van der Waals surface area contributed by atoms with Crippen LogP contribution >= 0.6 is 11.6 Å². The van der Waals surface area contributed by atoms with Crippen LogP contribution in [0.5, 0.6) is 5.75 Å². The summed E-state index contributed by atoms with van der Waals surface area (Å²) in [6.07, 6.45) is 1.48. The fourth-order valence-electron chi connectivity index (χ4n) is 1.95. The molecule has 4 nitrogen and oxygen atoms in total. The summed E-state index contributed by atoms with van der Waals surface area (Å²) in [5.74, 6) is -0.164. The first-order chi connectivity index (χ1) is 8.83. The summed E-state index contributed by atoms with van der Waals surface area (Å²) in [7, 11) is -3.46. The molecule has 1 heterocycles. The van der Waals surface area contributed by atoms with Crippen molar-refractivity contribution in [3.63, 3.8) is 0 Å². The van der Waals surface area contributed by atoms with Gasteiger partial charge in [-0.2, -0.15) is 0 Å². The molecule has 0 fully saturated rings. The van der Waals surface area contributed by atoms with E-state index in [0.29, 0.717) is 5.39 Å². The Balaban J connectivity index is 2.78. The van der Waals surface area contributed by atoms with Gasteiger partial charge in [0.15, 0.2) is 15.6 Å². The van der Waals surface area contributed by atoms with E-state index >= 15 is 0 Å². The Labute approximate surface area is 117 Å². The zero-order valence-electron chi connectivity index (χ0n) is 10.6. The fraction of sp³-hybridized carbons (Fsp3) is 0.308. The lowest BCUT2D eigenvalue weighted by Gasteiger charge is -2.11. The number of pyridine rings is 1. The van der Waals surface area contributed by atoms with Gasteiger partial charge in [-0.05, 0) is 24.1 Å². The molecule has 0 aliphatic heterocycles. The third kappa shape index (κ3) is 2.67. The van der Waals surface area contributed by atoms with Crippen LogP contribution in [0.25, 0.3) is 10.9 Å². The van der Waals surface area contributed by atoms with E-state index in [0.717, 1.165) is 0 Å². The van der Waals surface area contributed by atoms with Crippen molar-refractivity contribution >= 4 is 32.3 Å². The molecule has 1 aromatic heterocycles. The minimum atomic E-state index is -3.46. The van der Waals surface area contributed by atoms with Gasteiger partial charge in [0, 0.05) is 11.6 Å². The minimum Gasteiger partial charge on any atom is -0.504 e. The van der Waals surface area contributed by atoms with Crippen molar-refractivity contribution in [1.82, 2.24) is 4.98 Å². The predicted molar refractivity (Wildman–Crippen MR) is 75.3 cm³/mol. The SMILES string of the molecule is CC(C)CS(=O)(=O)c1cc(Cl)c(O)c2ncccc12. The van der Waals surface area contributed by atoms with Crippen LogP contribution in [0.3, 0.4) is 0 Å². The van der Waals surface area contributed by atoms with Crippen molar-refractivity contribution < 1.29 is 13.5 Å². The quantitative estimate of drug-likeness (QED) is 0.946. The number of nitrogens with zero attached hydrogens (tertiary/aromatic N) is 1. The van der Waals surface area contributed by atoms with Crippen LogP contribution in [0.4, 0.5) is 0 Å². The van der Waals surface area contributed by atoms with E-state index < -0.39 is 9.84 Å². The molecule has 0 radical (unpaired) electrons. The molecule has 0 unspecified atom stereocenters. The number of hydrogen-bond donors (Lipinski definition) is 1. The molecular formula is C13H14ClNO3S. The molecule has 1 aromatic carbocycles. The number of phenols is 1. The average molecular weight is 300 g/mol. The molecule has 0 spiro atoms. The Morgan fingerprint density at radius 2 is 2.11 bits per heavy atom. The van der Waals surface area contributed by atoms with Crippen molar-refractivity contribution in [3.8, 4) is 5.75 Å². The third-order valence-corrected chi connectivity index (χ3v) is 5.07. The summed E-state index contributed by atoms with van der Waals surface area (Å²) in [5.41, 5.74) is 0.206. The van der Waals surface area contributed by atoms with E-state index in [-0.39, 0.29) is 32.9 Å². The van der Waals surface area contributed by atoms with Gasteiger partial charge in [-0.3, -0.25) is 4.98 Å². The number of hydrogen-bond acceptors (Lipinski definition) is 4. The Hall–Kier alpha value is -1.33. The van der Waals surface area contributed by atoms with Gasteiger partial charge in [0.1, 0.15) is 5.52 Å². The molecule has 6 heteroatoms. The summed E-state index contributed by atoms with van der Waals surface area (Å²) >= 11 is 5.88. The first-order valence-corrected chi connectivity index (χ1v) is 7.85. The van der Waals surface area contributed by atoms with Crippen molar-refractivity contribution in [3.05, 3.63) is 29.4 Å². The normalized spacial score (nSPS) is 12.2. The van der Waals surface area contributed by atoms with Crippen LogP contribution in [-0.2, 0) is 9.84 Å². The zero-order chi connectivity index (χ0) is 14.2. The van der Waals surface area contributed by atoms with Gasteiger partial charge in [-0.15, -0.1) is 0 Å². The molecule has 0 aliphatic rings. The van der Waals surface area contributed by atoms with Crippen molar-refractivity contribution in [2.75, 3.05) is 5.75 Å². The first-order valence-electron chi connectivity index (χ1n) is 5.82. The van der Waals surface area contributed by atoms with E-state index in [4.69, 9.17) is 11.6 Å². The molecule has 102 valence electrons. The predicted octanol–water partition coefficient (Wildman–Crippen LogP) is 3.02. The van der Waals surface area contributed by atoms with Gasteiger partial charge in [0.25, 0.3) is 0 Å². The monoisotopic (exact) mass is 299 g/mol. The van der Waals surface area contributed by atoms with Crippen molar-refractivity contribution in [1.29, 1.82) is 0 Å². The standard InChI is InChI=1S/C13H14ClNO3S/c1-8(2)7-19(17,18)11-6-10(14)13(16)12-9(11)4-3-5-15-12/h3-6,8,16H,7H2,1-2H3. The minimum absolute atomic E-state index is 0.00398. The number of benzene rings is 1. The lowest BCUT2D eigenvalue weighted by Crippen LogP contribution is -2.12. The summed E-state index contributed by atoms with van der Waals surface area (Å²) in [5, 5.41) is 10.2. The molecule has 0 aliphatic carbocycles. The number of phenolic OH excluding ortho intramolecular Hbond substituents is 1. The van der Waals surface area contributed by atoms with E-state index in [1.165, 1.54) is 12.3 Å². The Morgan fingerprint density at radius 3 is 2.74 bits per heavy atom. The Morgan fingerprint density at radius 1 is 1.42 bits per heavy atom. The van der Waals surface area contributed by atoms with Crippen LogP contribution in [-0.4, -0.2) is 24.3 Å². The molecule has 0 amide bonds. The maximum absolute atomic E-state index is 12.4. The number of halogens is 1. The second-order valence-corrected chi connectivity index (χ2v) is 7.19. The highest BCUT2D eigenvalue weighted by atomic mass is 35.5. The highest BCUT2D eigenvalue weighted by Gasteiger charge is 2.22. The maximum Gasteiger partial charge on any atom is 0.179 e. The zero-order valence-corrected chi connectivity index (χ0v) is 12.2. The van der Waals surface area contributed by atoms with Gasteiger partial charge in [0.05, 0.1) is 15.7 Å². The average Bonchev–Trinajstić information content (AvgIpc) is 2.32.